The third kappa shape index (κ3) is 6.45. The molecule has 1 aromatic carbocycles. The highest BCUT2D eigenvalue weighted by atomic mass is 19.4. The lowest BCUT2D eigenvalue weighted by Crippen LogP contribution is -2.50. The first kappa shape index (κ1) is 25.6. The Morgan fingerprint density at radius 2 is 1.97 bits per heavy atom. The molecule has 3 aliphatic rings. The van der Waals surface area contributed by atoms with E-state index in [4.69, 9.17) is 14.5 Å². The summed E-state index contributed by atoms with van der Waals surface area (Å²) in [5.74, 6) is 0.802. The number of alkyl halides is 3. The van der Waals surface area contributed by atoms with Gasteiger partial charge in [0.2, 0.25) is 5.88 Å². The Kier molecular flexibility index (Phi) is 7.43. The van der Waals surface area contributed by atoms with Gasteiger partial charge in [0.25, 0.3) is 0 Å². The van der Waals surface area contributed by atoms with Gasteiger partial charge in [0.1, 0.15) is 11.9 Å². The Labute approximate surface area is 214 Å². The largest absolute Gasteiger partial charge is 0.472 e. The van der Waals surface area contributed by atoms with Crippen LogP contribution in [-0.2, 0) is 4.74 Å². The van der Waals surface area contributed by atoms with Gasteiger partial charge in [-0.05, 0) is 54.2 Å². The van der Waals surface area contributed by atoms with E-state index in [1.165, 1.54) is 4.90 Å². The van der Waals surface area contributed by atoms with Crippen molar-refractivity contribution in [1.29, 1.82) is 0 Å². The van der Waals surface area contributed by atoms with Crippen LogP contribution in [0.4, 0.5) is 29.5 Å². The summed E-state index contributed by atoms with van der Waals surface area (Å²) in [7, 11) is 0. The number of nitrogens with zero attached hydrogens (tertiary/aromatic N) is 3. The highest BCUT2D eigenvalue weighted by Crippen LogP contribution is 2.34. The van der Waals surface area contributed by atoms with Gasteiger partial charge in [-0.15, -0.1) is 0 Å². The summed E-state index contributed by atoms with van der Waals surface area (Å²) < 4.78 is 49.8. The molecule has 3 fully saturated rings. The van der Waals surface area contributed by atoms with E-state index >= 15 is 0 Å². The van der Waals surface area contributed by atoms with Crippen molar-refractivity contribution in [3.8, 4) is 17.0 Å². The van der Waals surface area contributed by atoms with Gasteiger partial charge in [-0.1, -0.05) is 6.07 Å². The number of carbonyl (C=O) groups excluding carboxylic acids is 1. The fourth-order valence-electron chi connectivity index (χ4n) is 4.90. The standard InChI is InChI=1S/C26H32F3N5O3/c1-17-2-3-20(31-25(35)34-5-4-18(16-34)13-26(27,28)29)12-22(17)19-10-23(33-6-8-36-9-7-33)32-24(11-19)37-21-14-30-15-21/h2-3,10-12,18,21,30H,4-9,13-16H2,1H3,(H,31,35)/t18-/m0/s1. The first-order chi connectivity index (χ1) is 17.7. The number of nitrogens with one attached hydrogen (secondary N) is 2. The van der Waals surface area contributed by atoms with Crippen LogP contribution in [0.2, 0.25) is 0 Å². The fraction of sp³-hybridized carbons (Fsp3) is 0.538. The number of anilines is 2. The molecule has 3 saturated heterocycles. The highest BCUT2D eigenvalue weighted by molar-refractivity contribution is 5.90. The van der Waals surface area contributed by atoms with Crippen molar-refractivity contribution in [3.05, 3.63) is 35.9 Å². The molecule has 2 aromatic rings. The van der Waals surface area contributed by atoms with Crippen LogP contribution in [0.5, 0.6) is 5.88 Å². The number of amides is 2. The quantitative estimate of drug-likeness (QED) is 0.600. The van der Waals surface area contributed by atoms with Crippen molar-refractivity contribution in [2.75, 3.05) is 62.7 Å². The summed E-state index contributed by atoms with van der Waals surface area (Å²) in [5, 5.41) is 6.07. The van der Waals surface area contributed by atoms with Crippen molar-refractivity contribution >= 4 is 17.5 Å². The van der Waals surface area contributed by atoms with Gasteiger partial charge in [0.05, 0.1) is 13.2 Å². The van der Waals surface area contributed by atoms with Crippen LogP contribution in [-0.4, -0.2) is 80.7 Å². The number of morpholine rings is 1. The number of rotatable bonds is 6. The molecule has 5 rings (SSSR count). The number of ether oxygens (including phenoxy) is 2. The molecule has 1 atom stereocenters. The predicted octanol–water partition coefficient (Wildman–Crippen LogP) is 4.05. The number of hydrogen-bond acceptors (Lipinski definition) is 6. The number of aromatic nitrogens is 1. The van der Waals surface area contributed by atoms with Gasteiger partial charge in [-0.3, -0.25) is 0 Å². The van der Waals surface area contributed by atoms with E-state index in [0.717, 1.165) is 48.7 Å². The number of benzene rings is 1. The summed E-state index contributed by atoms with van der Waals surface area (Å²) in [5.41, 5.74) is 3.43. The van der Waals surface area contributed by atoms with Gasteiger partial charge in [0, 0.05) is 57.4 Å². The number of hydrogen-bond donors (Lipinski definition) is 2. The lowest BCUT2D eigenvalue weighted by atomic mass is 10.00. The number of carbonyl (C=O) groups is 1. The van der Waals surface area contributed by atoms with E-state index < -0.39 is 18.5 Å². The molecule has 2 amide bonds. The maximum absolute atomic E-state index is 12.8. The van der Waals surface area contributed by atoms with Crippen LogP contribution in [0.15, 0.2) is 30.3 Å². The van der Waals surface area contributed by atoms with Crippen molar-refractivity contribution in [2.45, 2.75) is 32.0 Å². The number of aryl methyl sites for hydroxylation is 1. The van der Waals surface area contributed by atoms with E-state index in [-0.39, 0.29) is 18.7 Å². The summed E-state index contributed by atoms with van der Waals surface area (Å²) in [6, 6.07) is 9.17. The van der Waals surface area contributed by atoms with Gasteiger partial charge < -0.3 is 29.9 Å². The number of urea groups is 1. The van der Waals surface area contributed by atoms with Crippen LogP contribution in [0.1, 0.15) is 18.4 Å². The average molecular weight is 520 g/mol. The summed E-state index contributed by atoms with van der Waals surface area (Å²) >= 11 is 0. The maximum Gasteiger partial charge on any atom is 0.389 e. The summed E-state index contributed by atoms with van der Waals surface area (Å²) in [6.45, 7) is 6.71. The Morgan fingerprint density at radius 3 is 2.68 bits per heavy atom. The van der Waals surface area contributed by atoms with Crippen LogP contribution in [0, 0.1) is 12.8 Å². The average Bonchev–Trinajstić information content (AvgIpc) is 3.30. The minimum absolute atomic E-state index is 0.0774. The molecule has 1 aromatic heterocycles. The zero-order valence-electron chi connectivity index (χ0n) is 20.8. The van der Waals surface area contributed by atoms with Crippen molar-refractivity contribution < 1.29 is 27.4 Å². The number of halogens is 3. The molecule has 200 valence electrons. The lowest BCUT2D eigenvalue weighted by Gasteiger charge is -2.30. The molecule has 3 aliphatic heterocycles. The molecule has 8 nitrogen and oxygen atoms in total. The molecule has 0 unspecified atom stereocenters. The molecular weight excluding hydrogens is 487 g/mol. The molecule has 0 saturated carbocycles. The second-order valence-corrected chi connectivity index (χ2v) is 9.93. The second-order valence-electron chi connectivity index (χ2n) is 9.93. The Morgan fingerprint density at radius 1 is 1.19 bits per heavy atom. The third-order valence-corrected chi connectivity index (χ3v) is 7.05. The Hall–Kier alpha value is -3.05. The number of likely N-dealkylation sites (tertiary alicyclic amines) is 1. The first-order valence-electron chi connectivity index (χ1n) is 12.7. The Balaban J connectivity index is 1.35. The molecule has 0 spiro atoms. The summed E-state index contributed by atoms with van der Waals surface area (Å²) in [6.07, 6.45) is -4.65. The normalized spacial score (nSPS) is 20.6. The van der Waals surface area contributed by atoms with Crippen LogP contribution >= 0.6 is 0 Å². The number of pyridine rings is 1. The van der Waals surface area contributed by atoms with Crippen LogP contribution < -0.4 is 20.3 Å². The second kappa shape index (κ2) is 10.7. The molecule has 11 heteroatoms. The van der Waals surface area contributed by atoms with Gasteiger partial charge in [0.15, 0.2) is 0 Å². The highest BCUT2D eigenvalue weighted by Gasteiger charge is 2.36. The molecule has 37 heavy (non-hydrogen) atoms. The predicted molar refractivity (Wildman–Crippen MR) is 134 cm³/mol. The molecule has 0 bridgehead atoms. The van der Waals surface area contributed by atoms with Gasteiger partial charge in [-0.2, -0.15) is 18.2 Å². The summed E-state index contributed by atoms with van der Waals surface area (Å²) in [4.78, 5) is 21.2. The van der Waals surface area contributed by atoms with E-state index in [1.807, 2.05) is 37.3 Å². The zero-order valence-corrected chi connectivity index (χ0v) is 20.8. The molecule has 0 aliphatic carbocycles. The van der Waals surface area contributed by atoms with E-state index in [0.29, 0.717) is 37.7 Å². The van der Waals surface area contributed by atoms with E-state index in [2.05, 4.69) is 15.5 Å². The smallest absolute Gasteiger partial charge is 0.389 e. The molecule has 4 heterocycles. The maximum atomic E-state index is 12.8. The monoisotopic (exact) mass is 519 g/mol. The van der Waals surface area contributed by atoms with Gasteiger partial charge >= 0.3 is 12.2 Å². The van der Waals surface area contributed by atoms with E-state index in [1.54, 1.807) is 0 Å². The van der Waals surface area contributed by atoms with Crippen molar-refractivity contribution in [2.24, 2.45) is 5.92 Å². The third-order valence-electron chi connectivity index (χ3n) is 7.05. The van der Waals surface area contributed by atoms with Crippen LogP contribution in [0.25, 0.3) is 11.1 Å². The lowest BCUT2D eigenvalue weighted by molar-refractivity contribution is -0.143. The topological polar surface area (TPSA) is 79.0 Å². The molecular formula is C26H32F3N5O3. The fourth-order valence-corrected chi connectivity index (χ4v) is 4.90. The minimum Gasteiger partial charge on any atom is -0.472 e. The molecule has 0 radical (unpaired) electrons. The van der Waals surface area contributed by atoms with Gasteiger partial charge in [-0.25, -0.2) is 4.79 Å². The Bertz CT molecular complexity index is 1120. The molecule has 2 N–H and O–H groups in total. The minimum atomic E-state index is -4.22. The SMILES string of the molecule is Cc1ccc(NC(=O)N2CC[C@@H](CC(F)(F)F)C2)cc1-c1cc(OC2CNC2)nc(N2CCOCC2)c1. The first-order valence-corrected chi connectivity index (χ1v) is 12.7. The zero-order chi connectivity index (χ0) is 26.0. The van der Waals surface area contributed by atoms with Crippen molar-refractivity contribution in [3.63, 3.8) is 0 Å². The van der Waals surface area contributed by atoms with Crippen LogP contribution in [0.3, 0.4) is 0 Å². The van der Waals surface area contributed by atoms with Crippen molar-refractivity contribution in [1.82, 2.24) is 15.2 Å². The van der Waals surface area contributed by atoms with E-state index in [9.17, 15) is 18.0 Å².